The smallest absolute Gasteiger partial charge is 0.253 e. The van der Waals surface area contributed by atoms with Crippen LogP contribution in [0.1, 0.15) is 40.5 Å². The number of carbonyl (C=O) groups is 1. The predicted molar refractivity (Wildman–Crippen MR) is 98.6 cm³/mol. The minimum Gasteiger partial charge on any atom is -0.497 e. The zero-order chi connectivity index (χ0) is 18.1. The van der Waals surface area contributed by atoms with Crippen LogP contribution in [0.2, 0.25) is 0 Å². The van der Waals surface area contributed by atoms with Crippen molar-refractivity contribution in [1.82, 2.24) is 19.5 Å². The second-order valence-electron chi connectivity index (χ2n) is 6.72. The minimum atomic E-state index is 0.0842. The maximum absolute atomic E-state index is 12.7. The van der Waals surface area contributed by atoms with E-state index in [0.29, 0.717) is 11.5 Å². The lowest BCUT2D eigenvalue weighted by atomic mass is 9.93. The Balaban J connectivity index is 1.47. The van der Waals surface area contributed by atoms with Gasteiger partial charge in [-0.3, -0.25) is 4.79 Å². The summed E-state index contributed by atoms with van der Waals surface area (Å²) in [6, 6.07) is 11.3. The molecule has 0 bridgehead atoms. The molecule has 1 aromatic carbocycles. The van der Waals surface area contributed by atoms with Crippen molar-refractivity contribution in [3.05, 3.63) is 59.5 Å². The first-order valence-corrected chi connectivity index (χ1v) is 8.90. The molecule has 0 N–H and O–H groups in total. The molecule has 0 spiro atoms. The summed E-state index contributed by atoms with van der Waals surface area (Å²) >= 11 is 0. The maximum atomic E-state index is 12.7. The van der Waals surface area contributed by atoms with Crippen LogP contribution >= 0.6 is 0 Å². The Hall–Kier alpha value is -2.89. The van der Waals surface area contributed by atoms with Crippen LogP contribution in [0.5, 0.6) is 5.75 Å². The van der Waals surface area contributed by atoms with Gasteiger partial charge in [0.2, 0.25) is 0 Å². The summed E-state index contributed by atoms with van der Waals surface area (Å²) in [4.78, 5) is 19.0. The van der Waals surface area contributed by atoms with Crippen molar-refractivity contribution in [2.75, 3.05) is 20.2 Å². The SMILES string of the molecule is COc1ccc(C(=O)N2CCC(c3ccnc4cc(C)nn34)CC2)cc1. The zero-order valence-electron chi connectivity index (χ0n) is 15.1. The monoisotopic (exact) mass is 350 g/mol. The average Bonchev–Trinajstić information content (AvgIpc) is 3.08. The molecule has 26 heavy (non-hydrogen) atoms. The second-order valence-corrected chi connectivity index (χ2v) is 6.72. The molecule has 2 aromatic heterocycles. The van der Waals surface area contributed by atoms with Gasteiger partial charge >= 0.3 is 0 Å². The van der Waals surface area contributed by atoms with E-state index in [2.05, 4.69) is 10.1 Å². The highest BCUT2D eigenvalue weighted by Crippen LogP contribution is 2.29. The fourth-order valence-corrected chi connectivity index (χ4v) is 3.63. The molecule has 3 aromatic rings. The van der Waals surface area contributed by atoms with E-state index in [1.54, 1.807) is 7.11 Å². The Morgan fingerprint density at radius 3 is 2.58 bits per heavy atom. The highest BCUT2D eigenvalue weighted by Gasteiger charge is 2.26. The molecule has 134 valence electrons. The molecule has 0 radical (unpaired) electrons. The van der Waals surface area contributed by atoms with E-state index in [1.165, 1.54) is 5.69 Å². The summed E-state index contributed by atoms with van der Waals surface area (Å²) < 4.78 is 7.10. The van der Waals surface area contributed by atoms with Gasteiger partial charge in [-0.2, -0.15) is 5.10 Å². The number of piperidine rings is 1. The number of ether oxygens (including phenoxy) is 1. The van der Waals surface area contributed by atoms with E-state index >= 15 is 0 Å². The number of rotatable bonds is 3. The number of likely N-dealkylation sites (tertiary alicyclic amines) is 1. The molecule has 1 fully saturated rings. The zero-order valence-corrected chi connectivity index (χ0v) is 15.1. The number of benzene rings is 1. The average molecular weight is 350 g/mol. The third kappa shape index (κ3) is 3.03. The number of fused-ring (bicyclic) bond motifs is 1. The second kappa shape index (κ2) is 6.78. The van der Waals surface area contributed by atoms with Gasteiger partial charge in [-0.25, -0.2) is 9.50 Å². The number of hydrogen-bond donors (Lipinski definition) is 0. The van der Waals surface area contributed by atoms with Gasteiger partial charge in [-0.05, 0) is 50.1 Å². The first-order valence-electron chi connectivity index (χ1n) is 8.90. The molecular formula is C20H22N4O2. The number of amides is 1. The Bertz CT molecular complexity index is 925. The first-order chi connectivity index (χ1) is 12.7. The lowest BCUT2D eigenvalue weighted by molar-refractivity contribution is 0.0711. The van der Waals surface area contributed by atoms with E-state index < -0.39 is 0 Å². The Kier molecular flexibility index (Phi) is 4.32. The number of carbonyl (C=O) groups excluding carboxylic acids is 1. The number of hydrogen-bond acceptors (Lipinski definition) is 4. The lowest BCUT2D eigenvalue weighted by Crippen LogP contribution is -2.38. The summed E-state index contributed by atoms with van der Waals surface area (Å²) in [6.45, 7) is 3.48. The maximum Gasteiger partial charge on any atom is 0.253 e. The van der Waals surface area contributed by atoms with E-state index in [0.717, 1.165) is 43.0 Å². The van der Waals surface area contributed by atoms with Crippen molar-refractivity contribution < 1.29 is 9.53 Å². The van der Waals surface area contributed by atoms with Crippen LogP contribution in [-0.4, -0.2) is 45.6 Å². The van der Waals surface area contributed by atoms with Crippen molar-refractivity contribution in [3.8, 4) is 5.75 Å². The summed E-state index contributed by atoms with van der Waals surface area (Å²) in [5, 5.41) is 4.57. The molecule has 1 amide bonds. The Labute approximate surface area is 152 Å². The van der Waals surface area contributed by atoms with E-state index in [4.69, 9.17) is 4.74 Å². The summed E-state index contributed by atoms with van der Waals surface area (Å²) in [5.41, 5.74) is 3.74. The molecule has 0 atom stereocenters. The third-order valence-corrected chi connectivity index (χ3v) is 5.05. The standard InChI is InChI=1S/C20H22N4O2/c1-14-13-19-21-10-7-18(24(19)22-14)15-8-11-23(12-9-15)20(25)16-3-5-17(26-2)6-4-16/h3-7,10,13,15H,8-9,11-12H2,1-2H3. The van der Waals surface area contributed by atoms with Gasteiger partial charge in [0.05, 0.1) is 12.8 Å². The molecule has 0 aliphatic carbocycles. The van der Waals surface area contributed by atoms with Crippen molar-refractivity contribution in [1.29, 1.82) is 0 Å². The molecule has 6 nitrogen and oxygen atoms in total. The highest BCUT2D eigenvalue weighted by atomic mass is 16.5. The molecule has 1 aliphatic rings. The van der Waals surface area contributed by atoms with Crippen molar-refractivity contribution >= 4 is 11.6 Å². The summed E-state index contributed by atoms with van der Waals surface area (Å²) in [6.07, 6.45) is 3.71. The van der Waals surface area contributed by atoms with E-state index in [9.17, 15) is 4.79 Å². The Morgan fingerprint density at radius 1 is 1.15 bits per heavy atom. The fraction of sp³-hybridized carbons (Fsp3) is 0.350. The van der Waals surface area contributed by atoms with Crippen LogP contribution < -0.4 is 4.74 Å². The van der Waals surface area contributed by atoms with Crippen LogP contribution in [0.3, 0.4) is 0 Å². The van der Waals surface area contributed by atoms with Gasteiger partial charge in [-0.1, -0.05) is 0 Å². The lowest BCUT2D eigenvalue weighted by Gasteiger charge is -2.32. The third-order valence-electron chi connectivity index (χ3n) is 5.05. The highest BCUT2D eigenvalue weighted by molar-refractivity contribution is 5.94. The largest absolute Gasteiger partial charge is 0.497 e. The quantitative estimate of drug-likeness (QED) is 0.728. The van der Waals surface area contributed by atoms with Crippen LogP contribution in [0.15, 0.2) is 42.6 Å². The Morgan fingerprint density at radius 2 is 1.88 bits per heavy atom. The topological polar surface area (TPSA) is 59.7 Å². The molecule has 0 unspecified atom stereocenters. The van der Waals surface area contributed by atoms with Crippen LogP contribution in [-0.2, 0) is 0 Å². The normalized spacial score (nSPS) is 15.4. The van der Waals surface area contributed by atoms with Crippen molar-refractivity contribution in [2.45, 2.75) is 25.7 Å². The van der Waals surface area contributed by atoms with Gasteiger partial charge in [0.25, 0.3) is 5.91 Å². The molecule has 3 heterocycles. The van der Waals surface area contributed by atoms with Gasteiger partial charge in [0.15, 0.2) is 5.65 Å². The first kappa shape index (κ1) is 16.6. The van der Waals surface area contributed by atoms with E-state index in [1.807, 2.05) is 58.9 Å². The van der Waals surface area contributed by atoms with Crippen molar-refractivity contribution in [2.24, 2.45) is 0 Å². The van der Waals surface area contributed by atoms with Gasteiger partial charge in [0.1, 0.15) is 5.75 Å². The van der Waals surface area contributed by atoms with E-state index in [-0.39, 0.29) is 5.91 Å². The summed E-state index contributed by atoms with van der Waals surface area (Å²) in [5.74, 6) is 1.23. The number of aryl methyl sites for hydroxylation is 1. The molecule has 1 aliphatic heterocycles. The minimum absolute atomic E-state index is 0.0842. The van der Waals surface area contributed by atoms with Gasteiger partial charge in [-0.15, -0.1) is 0 Å². The molecule has 0 saturated carbocycles. The van der Waals surface area contributed by atoms with Crippen LogP contribution in [0.25, 0.3) is 5.65 Å². The number of nitrogens with zero attached hydrogens (tertiary/aromatic N) is 4. The van der Waals surface area contributed by atoms with Gasteiger partial charge in [0, 0.05) is 42.5 Å². The number of aromatic nitrogens is 3. The fourth-order valence-electron chi connectivity index (χ4n) is 3.63. The predicted octanol–water partition coefficient (Wildman–Crippen LogP) is 3.07. The molecule has 6 heteroatoms. The molecule has 1 saturated heterocycles. The molecular weight excluding hydrogens is 328 g/mol. The van der Waals surface area contributed by atoms with Crippen LogP contribution in [0, 0.1) is 6.92 Å². The summed E-state index contributed by atoms with van der Waals surface area (Å²) in [7, 11) is 1.62. The van der Waals surface area contributed by atoms with Crippen molar-refractivity contribution in [3.63, 3.8) is 0 Å². The van der Waals surface area contributed by atoms with Gasteiger partial charge < -0.3 is 9.64 Å². The molecule has 4 rings (SSSR count). The number of methoxy groups -OCH3 is 1. The van der Waals surface area contributed by atoms with Crippen LogP contribution in [0.4, 0.5) is 0 Å².